The van der Waals surface area contributed by atoms with Crippen molar-refractivity contribution in [3.8, 4) is 11.3 Å². The summed E-state index contributed by atoms with van der Waals surface area (Å²) in [5.74, 6) is 1.04. The number of allylic oxidation sites excluding steroid dienone is 1. The highest BCUT2D eigenvalue weighted by molar-refractivity contribution is 6.10. The zero-order valence-electron chi connectivity index (χ0n) is 19.3. The number of pyridine rings is 1. The van der Waals surface area contributed by atoms with E-state index in [1.54, 1.807) is 0 Å². The Kier molecular flexibility index (Phi) is 4.92. The number of aryl methyl sites for hydroxylation is 1. The molecular formula is C30H26N4. The maximum absolute atomic E-state index is 4.61. The number of aromatic amines is 1. The maximum Gasteiger partial charge on any atom is 0.111 e. The van der Waals surface area contributed by atoms with Crippen molar-refractivity contribution in [3.05, 3.63) is 102 Å². The fourth-order valence-corrected chi connectivity index (χ4v) is 5.12. The summed E-state index contributed by atoms with van der Waals surface area (Å²) in [6.07, 6.45) is 6.34. The van der Waals surface area contributed by atoms with E-state index in [0.29, 0.717) is 0 Å². The molecule has 0 spiro atoms. The van der Waals surface area contributed by atoms with E-state index in [9.17, 15) is 0 Å². The number of fused-ring (bicyclic) bond motifs is 4. The lowest BCUT2D eigenvalue weighted by Crippen LogP contribution is -1.98. The summed E-state index contributed by atoms with van der Waals surface area (Å²) in [5, 5.41) is 7.09. The van der Waals surface area contributed by atoms with E-state index < -0.39 is 0 Å². The molecule has 6 rings (SSSR count). The highest BCUT2D eigenvalue weighted by Crippen LogP contribution is 2.36. The highest BCUT2D eigenvalue weighted by atomic mass is 15.0. The fourth-order valence-electron chi connectivity index (χ4n) is 5.12. The number of rotatable bonds is 5. The molecule has 0 aliphatic heterocycles. The summed E-state index contributed by atoms with van der Waals surface area (Å²) in [6, 6.07) is 27.6. The number of benzene rings is 3. The van der Waals surface area contributed by atoms with Crippen LogP contribution >= 0.6 is 0 Å². The van der Waals surface area contributed by atoms with Crippen molar-refractivity contribution in [2.24, 2.45) is 0 Å². The van der Waals surface area contributed by atoms with Crippen LogP contribution in [0.5, 0.6) is 0 Å². The van der Waals surface area contributed by atoms with E-state index >= 15 is 0 Å². The van der Waals surface area contributed by atoms with Gasteiger partial charge in [0.2, 0.25) is 0 Å². The topological polar surface area (TPSA) is 45.6 Å². The largest absolute Gasteiger partial charge is 0.374 e. The van der Waals surface area contributed by atoms with Gasteiger partial charge in [-0.25, -0.2) is 0 Å². The van der Waals surface area contributed by atoms with Crippen LogP contribution in [0.15, 0.2) is 91.1 Å². The van der Waals surface area contributed by atoms with Crippen LogP contribution in [0.25, 0.3) is 50.0 Å². The molecule has 0 aliphatic rings. The van der Waals surface area contributed by atoms with Crippen LogP contribution in [0.3, 0.4) is 0 Å². The minimum Gasteiger partial charge on any atom is -0.374 e. The third-order valence-corrected chi connectivity index (χ3v) is 6.70. The molecule has 0 saturated heterocycles. The lowest BCUT2D eigenvalue weighted by Gasteiger charge is -2.11. The molecule has 0 unspecified atom stereocenters. The van der Waals surface area contributed by atoms with Gasteiger partial charge in [0, 0.05) is 58.1 Å². The molecule has 0 amide bonds. The highest BCUT2D eigenvalue weighted by Gasteiger charge is 2.15. The molecule has 3 aromatic carbocycles. The first-order chi connectivity index (χ1) is 16.8. The van der Waals surface area contributed by atoms with Gasteiger partial charge in [-0.3, -0.25) is 4.98 Å². The number of H-pyrrole nitrogens is 1. The SMILES string of the molecule is CNc1[nH]c2ccccc2c1/C=C\Cn1c2ccccc2c2ccc(-c3ccccn3)c(C)c21. The Morgan fingerprint density at radius 1 is 0.882 bits per heavy atom. The molecule has 0 radical (unpaired) electrons. The van der Waals surface area contributed by atoms with E-state index in [1.807, 2.05) is 25.4 Å². The van der Waals surface area contributed by atoms with E-state index in [0.717, 1.165) is 23.6 Å². The van der Waals surface area contributed by atoms with Gasteiger partial charge < -0.3 is 14.9 Å². The van der Waals surface area contributed by atoms with Crippen LogP contribution in [0.2, 0.25) is 0 Å². The first-order valence-corrected chi connectivity index (χ1v) is 11.6. The Balaban J connectivity index is 1.50. The number of nitrogens with one attached hydrogen (secondary N) is 2. The van der Waals surface area contributed by atoms with Gasteiger partial charge in [-0.1, -0.05) is 66.7 Å². The number of anilines is 1. The van der Waals surface area contributed by atoms with Gasteiger partial charge in [0.05, 0.1) is 11.2 Å². The molecule has 0 saturated carbocycles. The van der Waals surface area contributed by atoms with Crippen LogP contribution in [-0.4, -0.2) is 21.6 Å². The van der Waals surface area contributed by atoms with Gasteiger partial charge in [0.1, 0.15) is 5.82 Å². The zero-order chi connectivity index (χ0) is 23.1. The Labute approximate surface area is 198 Å². The van der Waals surface area contributed by atoms with Crippen LogP contribution < -0.4 is 5.32 Å². The average Bonchev–Trinajstić information content (AvgIpc) is 3.41. The average molecular weight is 443 g/mol. The lowest BCUT2D eigenvalue weighted by atomic mass is 10.0. The second-order valence-electron chi connectivity index (χ2n) is 8.59. The molecule has 2 N–H and O–H groups in total. The van der Waals surface area contributed by atoms with Gasteiger partial charge in [-0.2, -0.15) is 0 Å². The number of hydrogen-bond donors (Lipinski definition) is 2. The van der Waals surface area contributed by atoms with Crippen molar-refractivity contribution < 1.29 is 0 Å². The second-order valence-corrected chi connectivity index (χ2v) is 8.59. The summed E-state index contributed by atoms with van der Waals surface area (Å²) >= 11 is 0. The van der Waals surface area contributed by atoms with Crippen LogP contribution in [0.1, 0.15) is 11.1 Å². The number of hydrogen-bond acceptors (Lipinski definition) is 2. The third kappa shape index (κ3) is 3.19. The minimum absolute atomic E-state index is 0.777. The lowest BCUT2D eigenvalue weighted by molar-refractivity contribution is 0.899. The molecule has 0 fully saturated rings. The Morgan fingerprint density at radius 3 is 2.50 bits per heavy atom. The predicted molar refractivity (Wildman–Crippen MR) is 144 cm³/mol. The molecule has 0 atom stereocenters. The maximum atomic E-state index is 4.61. The first-order valence-electron chi connectivity index (χ1n) is 11.6. The van der Waals surface area contributed by atoms with Gasteiger partial charge in [0.25, 0.3) is 0 Å². The van der Waals surface area contributed by atoms with Crippen molar-refractivity contribution in [2.45, 2.75) is 13.5 Å². The smallest absolute Gasteiger partial charge is 0.111 e. The van der Waals surface area contributed by atoms with E-state index in [-0.39, 0.29) is 0 Å². The van der Waals surface area contributed by atoms with Crippen molar-refractivity contribution >= 4 is 44.6 Å². The summed E-state index contributed by atoms with van der Waals surface area (Å²) in [6.45, 7) is 2.99. The number of para-hydroxylation sites is 2. The van der Waals surface area contributed by atoms with Crippen molar-refractivity contribution in [2.75, 3.05) is 12.4 Å². The molecule has 3 heterocycles. The number of nitrogens with zero attached hydrogens (tertiary/aromatic N) is 2. The van der Waals surface area contributed by atoms with Crippen molar-refractivity contribution in [1.29, 1.82) is 0 Å². The van der Waals surface area contributed by atoms with E-state index in [2.05, 4.69) is 106 Å². The van der Waals surface area contributed by atoms with Gasteiger partial charge in [-0.05, 0) is 36.8 Å². The van der Waals surface area contributed by atoms with E-state index in [1.165, 1.54) is 43.9 Å². The van der Waals surface area contributed by atoms with Gasteiger partial charge >= 0.3 is 0 Å². The van der Waals surface area contributed by atoms with Crippen molar-refractivity contribution in [1.82, 2.24) is 14.5 Å². The first kappa shape index (κ1) is 20.3. The molecule has 0 bridgehead atoms. The number of aromatic nitrogens is 3. The zero-order valence-corrected chi connectivity index (χ0v) is 19.3. The molecule has 4 heteroatoms. The summed E-state index contributed by atoms with van der Waals surface area (Å²) in [5.41, 5.74) is 8.27. The van der Waals surface area contributed by atoms with Crippen LogP contribution in [0, 0.1) is 6.92 Å². The second kappa shape index (κ2) is 8.23. The Hall–Kier alpha value is -4.31. The minimum atomic E-state index is 0.777. The Morgan fingerprint density at radius 2 is 1.68 bits per heavy atom. The molecule has 0 aliphatic carbocycles. The monoisotopic (exact) mass is 442 g/mol. The molecule has 3 aromatic heterocycles. The van der Waals surface area contributed by atoms with E-state index in [4.69, 9.17) is 0 Å². The standard InChI is InChI=1S/C30H26N4/c1-20-21(26-13-7-8-18-32-26)16-17-24-23-11-4-6-15-28(23)34(29(20)24)19-9-12-25-22-10-3-5-14-27(22)33-30(25)31-2/h3-18,31,33H,19H2,1-2H3/b12-9-. The van der Waals surface area contributed by atoms with Crippen LogP contribution in [-0.2, 0) is 6.54 Å². The fraction of sp³-hybridized carbons (Fsp3) is 0.100. The molecule has 166 valence electrons. The van der Waals surface area contributed by atoms with Gasteiger partial charge in [-0.15, -0.1) is 0 Å². The molecular weight excluding hydrogens is 416 g/mol. The van der Waals surface area contributed by atoms with Gasteiger partial charge in [0.15, 0.2) is 0 Å². The summed E-state index contributed by atoms with van der Waals surface area (Å²) in [7, 11) is 1.96. The molecule has 34 heavy (non-hydrogen) atoms. The molecule has 4 nitrogen and oxygen atoms in total. The summed E-state index contributed by atoms with van der Waals surface area (Å²) < 4.78 is 2.43. The Bertz CT molecular complexity index is 1670. The molecule has 6 aromatic rings. The third-order valence-electron chi connectivity index (χ3n) is 6.70. The van der Waals surface area contributed by atoms with Crippen LogP contribution in [0.4, 0.5) is 5.82 Å². The normalized spacial score (nSPS) is 11.8. The summed E-state index contributed by atoms with van der Waals surface area (Å²) in [4.78, 5) is 8.09. The predicted octanol–water partition coefficient (Wildman–Crippen LogP) is 7.40. The van der Waals surface area contributed by atoms with Crippen molar-refractivity contribution in [3.63, 3.8) is 0 Å². The quantitative estimate of drug-likeness (QED) is 0.292.